The first-order valence-corrected chi connectivity index (χ1v) is 11.5. The van der Waals surface area contributed by atoms with Crippen molar-refractivity contribution in [2.24, 2.45) is 5.41 Å². The molecule has 1 aliphatic carbocycles. The van der Waals surface area contributed by atoms with Crippen molar-refractivity contribution in [2.45, 2.75) is 53.4 Å². The standard InChI is InChI=1S/C28H32N2O3/c1-6-33-23-14-10-8-12-19(23)25-24(27(32)30-20-13-9-7-11-17(20)2)18(3)29-21-15-28(4,5)16-22(31)26(21)25/h7-14,25,29H,6,15-16H2,1-5H3,(H,30,32). The highest BCUT2D eigenvalue weighted by Gasteiger charge is 2.43. The number of carbonyl (C=O) groups is 2. The fourth-order valence-corrected chi connectivity index (χ4v) is 4.96. The quantitative estimate of drug-likeness (QED) is 0.627. The minimum absolute atomic E-state index is 0.0822. The number of allylic oxidation sites excluding steroid dienone is 3. The van der Waals surface area contributed by atoms with Crippen LogP contribution in [-0.4, -0.2) is 18.3 Å². The third kappa shape index (κ3) is 4.45. The zero-order valence-electron chi connectivity index (χ0n) is 20.0. The van der Waals surface area contributed by atoms with Crippen LogP contribution in [0.4, 0.5) is 5.69 Å². The Bertz CT molecular complexity index is 1170. The maximum absolute atomic E-state index is 13.7. The van der Waals surface area contributed by atoms with Gasteiger partial charge in [-0.25, -0.2) is 0 Å². The molecule has 2 aliphatic rings. The molecule has 0 saturated carbocycles. The fraction of sp³-hybridized carbons (Fsp3) is 0.357. The number of anilines is 1. The van der Waals surface area contributed by atoms with Crippen LogP contribution in [0, 0.1) is 12.3 Å². The summed E-state index contributed by atoms with van der Waals surface area (Å²) < 4.78 is 5.94. The summed E-state index contributed by atoms with van der Waals surface area (Å²) in [5, 5.41) is 6.50. The van der Waals surface area contributed by atoms with Crippen LogP contribution < -0.4 is 15.4 Å². The van der Waals surface area contributed by atoms with Gasteiger partial charge in [-0.05, 0) is 50.3 Å². The normalized spacial score (nSPS) is 19.7. The molecule has 2 N–H and O–H groups in total. The van der Waals surface area contributed by atoms with Crippen LogP contribution in [0.5, 0.6) is 5.75 Å². The molecule has 0 saturated heterocycles. The van der Waals surface area contributed by atoms with Gasteiger partial charge in [0.05, 0.1) is 12.5 Å². The molecule has 1 atom stereocenters. The monoisotopic (exact) mass is 444 g/mol. The van der Waals surface area contributed by atoms with Gasteiger partial charge in [0.15, 0.2) is 5.78 Å². The molecule has 5 heteroatoms. The van der Waals surface area contributed by atoms with Crippen LogP contribution in [0.25, 0.3) is 0 Å². The number of hydrogen-bond acceptors (Lipinski definition) is 4. The van der Waals surface area contributed by atoms with E-state index in [0.717, 1.165) is 34.6 Å². The number of ether oxygens (including phenoxy) is 1. The van der Waals surface area contributed by atoms with Gasteiger partial charge >= 0.3 is 0 Å². The summed E-state index contributed by atoms with van der Waals surface area (Å²) in [5.41, 5.74) is 5.37. The Kier molecular flexibility index (Phi) is 6.15. The molecule has 1 unspecified atom stereocenters. The van der Waals surface area contributed by atoms with Crippen LogP contribution in [0.2, 0.25) is 0 Å². The molecular weight excluding hydrogens is 412 g/mol. The van der Waals surface area contributed by atoms with Crippen molar-refractivity contribution in [1.29, 1.82) is 0 Å². The molecule has 5 nitrogen and oxygen atoms in total. The Hall–Kier alpha value is -3.34. The first kappa shape index (κ1) is 22.8. The molecule has 2 aromatic rings. The van der Waals surface area contributed by atoms with E-state index in [-0.39, 0.29) is 17.1 Å². The van der Waals surface area contributed by atoms with Crippen molar-refractivity contribution >= 4 is 17.4 Å². The molecule has 2 aromatic carbocycles. The van der Waals surface area contributed by atoms with E-state index in [4.69, 9.17) is 4.74 Å². The predicted molar refractivity (Wildman–Crippen MR) is 131 cm³/mol. The maximum Gasteiger partial charge on any atom is 0.254 e. The Morgan fingerprint density at radius 2 is 1.79 bits per heavy atom. The van der Waals surface area contributed by atoms with Gasteiger partial charge in [0, 0.05) is 40.2 Å². The van der Waals surface area contributed by atoms with Crippen molar-refractivity contribution < 1.29 is 14.3 Å². The third-order valence-electron chi connectivity index (χ3n) is 6.41. The van der Waals surface area contributed by atoms with Gasteiger partial charge in [-0.1, -0.05) is 50.2 Å². The number of aryl methyl sites for hydroxylation is 1. The van der Waals surface area contributed by atoms with Crippen LogP contribution in [-0.2, 0) is 9.59 Å². The van der Waals surface area contributed by atoms with E-state index in [0.29, 0.717) is 29.9 Å². The molecule has 0 radical (unpaired) electrons. The number of para-hydroxylation sites is 2. The fourth-order valence-electron chi connectivity index (χ4n) is 4.96. The number of dihydropyridines is 1. The first-order chi connectivity index (χ1) is 15.7. The molecule has 4 rings (SSSR count). The van der Waals surface area contributed by atoms with Gasteiger partial charge in [0.1, 0.15) is 5.75 Å². The van der Waals surface area contributed by atoms with Crippen LogP contribution >= 0.6 is 0 Å². The highest BCUT2D eigenvalue weighted by molar-refractivity contribution is 6.10. The Labute approximate surface area is 195 Å². The average molecular weight is 445 g/mol. The molecule has 0 bridgehead atoms. The smallest absolute Gasteiger partial charge is 0.254 e. The minimum Gasteiger partial charge on any atom is -0.494 e. The van der Waals surface area contributed by atoms with Crippen molar-refractivity contribution in [3.63, 3.8) is 0 Å². The number of hydrogen-bond donors (Lipinski definition) is 2. The number of ketones is 1. The second-order valence-electron chi connectivity index (χ2n) is 9.67. The van der Waals surface area contributed by atoms with E-state index in [1.807, 2.05) is 69.3 Å². The highest BCUT2D eigenvalue weighted by Crippen LogP contribution is 2.48. The number of benzene rings is 2. The number of Topliss-reactive ketones (excluding diaryl/α,β-unsaturated/α-hetero) is 1. The lowest BCUT2D eigenvalue weighted by atomic mass is 9.68. The molecule has 1 aliphatic heterocycles. The van der Waals surface area contributed by atoms with Gasteiger partial charge in [0.25, 0.3) is 5.91 Å². The summed E-state index contributed by atoms with van der Waals surface area (Å²) in [5.74, 6) is 0.0792. The van der Waals surface area contributed by atoms with E-state index in [9.17, 15) is 9.59 Å². The van der Waals surface area contributed by atoms with Gasteiger partial charge in [-0.15, -0.1) is 0 Å². The topological polar surface area (TPSA) is 67.4 Å². The molecule has 0 aromatic heterocycles. The van der Waals surface area contributed by atoms with Crippen molar-refractivity contribution in [1.82, 2.24) is 5.32 Å². The third-order valence-corrected chi connectivity index (χ3v) is 6.41. The average Bonchev–Trinajstić information content (AvgIpc) is 2.74. The Balaban J connectivity index is 1.86. The Morgan fingerprint density at radius 3 is 2.52 bits per heavy atom. The van der Waals surface area contributed by atoms with Gasteiger partial charge in [-0.2, -0.15) is 0 Å². The molecule has 1 amide bonds. The molecule has 0 fully saturated rings. The summed E-state index contributed by atoms with van der Waals surface area (Å²) in [7, 11) is 0. The number of nitrogens with one attached hydrogen (secondary N) is 2. The van der Waals surface area contributed by atoms with E-state index >= 15 is 0 Å². The SMILES string of the molecule is CCOc1ccccc1C1C(C(=O)Nc2ccccc2C)=C(C)NC2=C1C(=O)CC(C)(C)C2. The lowest BCUT2D eigenvalue weighted by Crippen LogP contribution is -2.39. The van der Waals surface area contributed by atoms with Crippen molar-refractivity contribution in [3.8, 4) is 5.75 Å². The summed E-state index contributed by atoms with van der Waals surface area (Å²) in [4.78, 5) is 27.2. The largest absolute Gasteiger partial charge is 0.494 e. The zero-order valence-corrected chi connectivity index (χ0v) is 20.0. The Morgan fingerprint density at radius 1 is 1.09 bits per heavy atom. The van der Waals surface area contributed by atoms with Gasteiger partial charge < -0.3 is 15.4 Å². The second kappa shape index (κ2) is 8.89. The molecule has 172 valence electrons. The molecule has 33 heavy (non-hydrogen) atoms. The number of amides is 1. The van der Waals surface area contributed by atoms with Crippen LogP contribution in [0.3, 0.4) is 0 Å². The van der Waals surface area contributed by atoms with E-state index in [2.05, 4.69) is 24.5 Å². The van der Waals surface area contributed by atoms with E-state index in [1.54, 1.807) is 0 Å². The molecule has 0 spiro atoms. The van der Waals surface area contributed by atoms with Gasteiger partial charge in [-0.3, -0.25) is 9.59 Å². The number of rotatable bonds is 5. The lowest BCUT2D eigenvalue weighted by molar-refractivity contribution is -0.118. The first-order valence-electron chi connectivity index (χ1n) is 11.5. The summed E-state index contributed by atoms with van der Waals surface area (Å²) >= 11 is 0. The van der Waals surface area contributed by atoms with Crippen molar-refractivity contribution in [2.75, 3.05) is 11.9 Å². The lowest BCUT2D eigenvalue weighted by Gasteiger charge is -2.40. The van der Waals surface area contributed by atoms with E-state index in [1.165, 1.54) is 0 Å². The molecular formula is C28H32N2O3. The summed E-state index contributed by atoms with van der Waals surface area (Å²) in [6.45, 7) is 10.5. The zero-order chi connectivity index (χ0) is 23.8. The van der Waals surface area contributed by atoms with Crippen LogP contribution in [0.15, 0.2) is 71.1 Å². The summed E-state index contributed by atoms with van der Waals surface area (Å²) in [6, 6.07) is 15.4. The highest BCUT2D eigenvalue weighted by atomic mass is 16.5. The predicted octanol–water partition coefficient (Wildman–Crippen LogP) is 5.64. The van der Waals surface area contributed by atoms with Crippen LogP contribution in [0.1, 0.15) is 57.6 Å². The maximum atomic E-state index is 13.7. The van der Waals surface area contributed by atoms with Crippen molar-refractivity contribution in [3.05, 3.63) is 82.2 Å². The number of carbonyl (C=O) groups excluding carboxylic acids is 2. The van der Waals surface area contributed by atoms with Gasteiger partial charge in [0.2, 0.25) is 0 Å². The minimum atomic E-state index is -0.489. The van der Waals surface area contributed by atoms with E-state index < -0.39 is 5.92 Å². The second-order valence-corrected chi connectivity index (χ2v) is 9.67. The molecule has 1 heterocycles. The summed E-state index contributed by atoms with van der Waals surface area (Å²) in [6.07, 6.45) is 1.21.